The second kappa shape index (κ2) is 7.33. The van der Waals surface area contributed by atoms with E-state index in [-0.39, 0.29) is 22.0 Å². The molecule has 11 heteroatoms. The summed E-state index contributed by atoms with van der Waals surface area (Å²) in [7, 11) is -2.45. The number of thioether (sulfide) groups is 1. The normalized spacial score (nSPS) is 12.0. The first-order valence-corrected chi connectivity index (χ1v) is 8.94. The van der Waals surface area contributed by atoms with E-state index >= 15 is 0 Å². The van der Waals surface area contributed by atoms with Gasteiger partial charge in [-0.3, -0.25) is 4.98 Å². The van der Waals surface area contributed by atoms with Crippen molar-refractivity contribution in [1.82, 2.24) is 19.9 Å². The molecule has 0 saturated heterocycles. The predicted octanol–water partition coefficient (Wildman–Crippen LogP) is 1.10. The van der Waals surface area contributed by atoms with Crippen LogP contribution in [-0.4, -0.2) is 46.9 Å². The Bertz CT molecular complexity index is 811. The van der Waals surface area contributed by atoms with Gasteiger partial charge in [-0.1, -0.05) is 11.8 Å². The maximum absolute atomic E-state index is 12.2. The Morgan fingerprint density at radius 3 is 2.74 bits per heavy atom. The molecular formula is C12H14N6O3S2. The Balaban J connectivity index is 2.31. The lowest BCUT2D eigenvalue weighted by Crippen LogP contribution is -2.14. The van der Waals surface area contributed by atoms with Crippen LogP contribution in [0.2, 0.25) is 0 Å². The number of amidine groups is 1. The van der Waals surface area contributed by atoms with Crippen LogP contribution in [0.4, 0.5) is 5.95 Å². The van der Waals surface area contributed by atoms with E-state index in [0.29, 0.717) is 5.82 Å². The van der Waals surface area contributed by atoms with Crippen LogP contribution >= 0.6 is 11.8 Å². The Hall–Kier alpha value is -2.27. The van der Waals surface area contributed by atoms with Crippen LogP contribution in [0.5, 0.6) is 6.01 Å². The summed E-state index contributed by atoms with van der Waals surface area (Å²) in [5, 5.41) is 2.85. The SMILES string of the molecule is COc1nc(C)nc(NC(=NS(=O)(=O)c2cccnc2)SC)n1. The van der Waals surface area contributed by atoms with Gasteiger partial charge in [0.1, 0.15) is 10.7 Å². The second-order valence-electron chi connectivity index (χ2n) is 4.08. The molecule has 0 amide bonds. The average molecular weight is 354 g/mol. The molecule has 2 rings (SSSR count). The first-order chi connectivity index (χ1) is 10.9. The highest BCUT2D eigenvalue weighted by Gasteiger charge is 2.15. The minimum Gasteiger partial charge on any atom is -0.467 e. The number of pyridine rings is 1. The van der Waals surface area contributed by atoms with Gasteiger partial charge < -0.3 is 10.1 Å². The number of ether oxygens (including phenoxy) is 1. The molecule has 122 valence electrons. The number of sulfonamides is 1. The van der Waals surface area contributed by atoms with Gasteiger partial charge in [-0.2, -0.15) is 23.4 Å². The van der Waals surface area contributed by atoms with Gasteiger partial charge in [-0.15, -0.1) is 4.40 Å². The Labute approximate surface area is 137 Å². The van der Waals surface area contributed by atoms with Crippen LogP contribution in [0.3, 0.4) is 0 Å². The van der Waals surface area contributed by atoms with E-state index in [9.17, 15) is 8.42 Å². The zero-order valence-corrected chi connectivity index (χ0v) is 14.2. The van der Waals surface area contributed by atoms with Crippen molar-refractivity contribution in [2.24, 2.45) is 4.40 Å². The average Bonchev–Trinajstić information content (AvgIpc) is 2.54. The van der Waals surface area contributed by atoms with E-state index in [1.165, 1.54) is 31.6 Å². The molecular weight excluding hydrogens is 340 g/mol. The Morgan fingerprint density at radius 1 is 1.35 bits per heavy atom. The van der Waals surface area contributed by atoms with Crippen LogP contribution in [-0.2, 0) is 10.0 Å². The Morgan fingerprint density at radius 2 is 2.13 bits per heavy atom. The van der Waals surface area contributed by atoms with Gasteiger partial charge >= 0.3 is 6.01 Å². The van der Waals surface area contributed by atoms with Crippen LogP contribution in [0, 0.1) is 6.92 Å². The predicted molar refractivity (Wildman–Crippen MR) is 87.1 cm³/mol. The molecule has 9 nitrogen and oxygen atoms in total. The molecule has 2 heterocycles. The monoisotopic (exact) mass is 354 g/mol. The zero-order valence-electron chi connectivity index (χ0n) is 12.6. The molecule has 0 fully saturated rings. The molecule has 23 heavy (non-hydrogen) atoms. The largest absolute Gasteiger partial charge is 0.467 e. The fourth-order valence-corrected chi connectivity index (χ4v) is 3.07. The van der Waals surface area contributed by atoms with Gasteiger partial charge in [-0.25, -0.2) is 0 Å². The van der Waals surface area contributed by atoms with Gasteiger partial charge in [0.15, 0.2) is 5.17 Å². The molecule has 0 aliphatic heterocycles. The van der Waals surface area contributed by atoms with E-state index < -0.39 is 10.0 Å². The topological polar surface area (TPSA) is 119 Å². The number of aryl methyl sites for hydroxylation is 1. The second-order valence-corrected chi connectivity index (χ2v) is 6.48. The number of methoxy groups -OCH3 is 1. The lowest BCUT2D eigenvalue weighted by atomic mass is 10.5. The third kappa shape index (κ3) is 4.60. The van der Waals surface area contributed by atoms with E-state index in [1.54, 1.807) is 13.2 Å². The van der Waals surface area contributed by atoms with E-state index in [0.717, 1.165) is 11.8 Å². The van der Waals surface area contributed by atoms with Gasteiger partial charge in [0.25, 0.3) is 10.0 Å². The van der Waals surface area contributed by atoms with Crippen molar-refractivity contribution in [3.8, 4) is 6.01 Å². The van der Waals surface area contributed by atoms with Gasteiger partial charge in [-0.05, 0) is 25.3 Å². The van der Waals surface area contributed by atoms with Crippen LogP contribution in [0.15, 0.2) is 33.8 Å². The summed E-state index contributed by atoms with van der Waals surface area (Å²) in [5.74, 6) is 0.568. The van der Waals surface area contributed by atoms with Crippen LogP contribution in [0.1, 0.15) is 5.82 Å². The molecule has 0 spiro atoms. The van der Waals surface area contributed by atoms with E-state index in [1.807, 2.05) is 0 Å². The lowest BCUT2D eigenvalue weighted by molar-refractivity contribution is 0.377. The molecule has 2 aromatic heterocycles. The highest BCUT2D eigenvalue weighted by molar-refractivity contribution is 8.14. The fraction of sp³-hybridized carbons (Fsp3) is 0.250. The first kappa shape index (κ1) is 17.1. The summed E-state index contributed by atoms with van der Waals surface area (Å²) in [6, 6.07) is 3.06. The molecule has 0 radical (unpaired) electrons. The number of hydrogen-bond donors (Lipinski definition) is 1. The summed E-state index contributed by atoms with van der Waals surface area (Å²) in [4.78, 5) is 15.8. The minimum atomic E-state index is -3.88. The number of aromatic nitrogens is 4. The highest BCUT2D eigenvalue weighted by atomic mass is 32.2. The summed E-state index contributed by atoms with van der Waals surface area (Å²) in [6.45, 7) is 1.66. The van der Waals surface area contributed by atoms with Crippen molar-refractivity contribution in [3.05, 3.63) is 30.4 Å². The van der Waals surface area contributed by atoms with Crippen molar-refractivity contribution in [2.45, 2.75) is 11.8 Å². The molecule has 0 aromatic carbocycles. The van der Waals surface area contributed by atoms with Crippen LogP contribution in [0.25, 0.3) is 0 Å². The minimum absolute atomic E-state index is 0.00208. The maximum atomic E-state index is 12.2. The van der Waals surface area contributed by atoms with E-state index in [2.05, 4.69) is 29.7 Å². The molecule has 0 saturated carbocycles. The number of rotatable bonds is 4. The molecule has 0 aliphatic rings. The summed E-state index contributed by atoms with van der Waals surface area (Å²) < 4.78 is 33.1. The third-order valence-electron chi connectivity index (χ3n) is 2.46. The van der Waals surface area contributed by atoms with Crippen molar-refractivity contribution in [2.75, 3.05) is 18.7 Å². The third-order valence-corrected chi connectivity index (χ3v) is 4.41. The number of nitrogens with zero attached hydrogens (tertiary/aromatic N) is 5. The molecule has 0 aliphatic carbocycles. The van der Waals surface area contributed by atoms with E-state index in [4.69, 9.17) is 4.74 Å². The summed E-state index contributed by atoms with van der Waals surface area (Å²) in [6.07, 6.45) is 4.39. The van der Waals surface area contributed by atoms with Gasteiger partial charge in [0.05, 0.1) is 7.11 Å². The quantitative estimate of drug-likeness (QED) is 0.635. The number of nitrogens with one attached hydrogen (secondary N) is 1. The van der Waals surface area contributed by atoms with Gasteiger partial charge in [0, 0.05) is 12.4 Å². The van der Waals surface area contributed by atoms with Crippen LogP contribution < -0.4 is 10.1 Å². The van der Waals surface area contributed by atoms with Crippen molar-refractivity contribution >= 4 is 32.9 Å². The maximum Gasteiger partial charge on any atom is 0.321 e. The molecule has 2 aromatic rings. The van der Waals surface area contributed by atoms with Crippen molar-refractivity contribution < 1.29 is 13.2 Å². The number of hydrogen-bond acceptors (Lipinski definition) is 8. The van der Waals surface area contributed by atoms with Crippen molar-refractivity contribution in [3.63, 3.8) is 0 Å². The summed E-state index contributed by atoms with van der Waals surface area (Å²) >= 11 is 1.10. The zero-order chi connectivity index (χ0) is 16.9. The molecule has 1 N–H and O–H groups in total. The molecule has 0 bridgehead atoms. The highest BCUT2D eigenvalue weighted by Crippen LogP contribution is 2.14. The molecule has 0 atom stereocenters. The Kier molecular flexibility index (Phi) is 5.45. The van der Waals surface area contributed by atoms with Crippen molar-refractivity contribution in [1.29, 1.82) is 0 Å². The fourth-order valence-electron chi connectivity index (χ4n) is 1.47. The number of anilines is 1. The standard InChI is InChI=1S/C12H14N6O3S2/c1-8-14-10(16-11(15-8)21-2)17-12(22-3)18-23(19,20)9-5-4-6-13-7-9/h4-7H,1-3H3,(H,14,15,16,17,18). The lowest BCUT2D eigenvalue weighted by Gasteiger charge is -2.07. The summed E-state index contributed by atoms with van der Waals surface area (Å²) in [5.41, 5.74) is 0. The smallest absolute Gasteiger partial charge is 0.321 e. The first-order valence-electron chi connectivity index (χ1n) is 6.27. The molecule has 0 unspecified atom stereocenters. The van der Waals surface area contributed by atoms with Gasteiger partial charge in [0.2, 0.25) is 5.95 Å².